The molecule has 1 heterocycles. The van der Waals surface area contributed by atoms with Crippen LogP contribution in [0.2, 0.25) is 0 Å². The number of carbonyl (C=O) groups is 1. The third kappa shape index (κ3) is 6.06. The Labute approximate surface area is 141 Å². The van der Waals surface area contributed by atoms with Crippen molar-refractivity contribution in [1.29, 1.82) is 0 Å². The molecule has 0 atom stereocenters. The van der Waals surface area contributed by atoms with E-state index in [0.29, 0.717) is 16.7 Å². The summed E-state index contributed by atoms with van der Waals surface area (Å²) >= 11 is 0. The van der Waals surface area contributed by atoms with Crippen LogP contribution >= 0.6 is 0 Å². The van der Waals surface area contributed by atoms with Crippen molar-refractivity contribution in [2.45, 2.75) is 26.1 Å². The van der Waals surface area contributed by atoms with Crippen LogP contribution in [-0.4, -0.2) is 23.7 Å². The van der Waals surface area contributed by atoms with E-state index in [-0.39, 0.29) is 30.6 Å². The number of nitrogens with one attached hydrogen (secondary N) is 1. The number of pyridine rings is 1. The van der Waals surface area contributed by atoms with Gasteiger partial charge >= 0.3 is 6.18 Å². The molecule has 1 N–H and O–H groups in total. The van der Waals surface area contributed by atoms with Gasteiger partial charge in [0.2, 0.25) is 11.8 Å². The number of ether oxygens (including phenoxy) is 1. The molecular formula is C17H16F4N2O2. The van der Waals surface area contributed by atoms with E-state index in [9.17, 15) is 22.4 Å². The highest BCUT2D eigenvalue weighted by Crippen LogP contribution is 2.17. The number of aromatic nitrogens is 1. The quantitative estimate of drug-likeness (QED) is 0.808. The Balaban J connectivity index is 1.90. The van der Waals surface area contributed by atoms with Crippen molar-refractivity contribution in [1.82, 2.24) is 10.3 Å². The van der Waals surface area contributed by atoms with Crippen LogP contribution in [0.3, 0.4) is 0 Å². The van der Waals surface area contributed by atoms with Gasteiger partial charge in [-0.25, -0.2) is 9.37 Å². The summed E-state index contributed by atoms with van der Waals surface area (Å²) in [5.41, 5.74) is 1.52. The lowest BCUT2D eigenvalue weighted by molar-refractivity contribution is -0.154. The number of hydrogen-bond donors (Lipinski definition) is 1. The number of nitrogens with zero attached hydrogens (tertiary/aromatic N) is 1. The van der Waals surface area contributed by atoms with Crippen molar-refractivity contribution in [3.05, 3.63) is 59.0 Å². The second-order valence-corrected chi connectivity index (χ2v) is 5.38. The Morgan fingerprint density at radius 1 is 1.28 bits per heavy atom. The first kappa shape index (κ1) is 18.7. The van der Waals surface area contributed by atoms with Crippen molar-refractivity contribution >= 4 is 5.91 Å². The number of rotatable bonds is 6. The van der Waals surface area contributed by atoms with Crippen molar-refractivity contribution in [3.8, 4) is 5.88 Å². The number of amides is 1. The van der Waals surface area contributed by atoms with Gasteiger partial charge in [0.05, 0.1) is 6.42 Å². The molecule has 25 heavy (non-hydrogen) atoms. The molecular weight excluding hydrogens is 340 g/mol. The molecule has 0 aliphatic heterocycles. The molecule has 8 heteroatoms. The van der Waals surface area contributed by atoms with Crippen LogP contribution in [0.25, 0.3) is 0 Å². The van der Waals surface area contributed by atoms with Gasteiger partial charge in [0, 0.05) is 18.8 Å². The molecule has 0 bridgehead atoms. The summed E-state index contributed by atoms with van der Waals surface area (Å²) in [4.78, 5) is 15.6. The smallest absolute Gasteiger partial charge is 0.422 e. The number of alkyl halides is 3. The Hall–Kier alpha value is -2.64. The predicted molar refractivity (Wildman–Crippen MR) is 82.5 cm³/mol. The average molecular weight is 356 g/mol. The van der Waals surface area contributed by atoms with Gasteiger partial charge in [-0.2, -0.15) is 13.2 Å². The molecule has 0 saturated carbocycles. The van der Waals surface area contributed by atoms with Gasteiger partial charge in [-0.1, -0.05) is 12.1 Å². The van der Waals surface area contributed by atoms with Crippen LogP contribution in [0, 0.1) is 12.7 Å². The molecule has 1 amide bonds. The van der Waals surface area contributed by atoms with Gasteiger partial charge in [0.15, 0.2) is 6.61 Å². The summed E-state index contributed by atoms with van der Waals surface area (Å²) < 4.78 is 54.4. The number of carbonyl (C=O) groups excluding carboxylic acids is 1. The molecule has 0 aliphatic rings. The molecule has 0 saturated heterocycles. The largest absolute Gasteiger partial charge is 0.468 e. The molecule has 4 nitrogen and oxygen atoms in total. The summed E-state index contributed by atoms with van der Waals surface area (Å²) in [6, 6.07) is 7.37. The molecule has 0 fully saturated rings. The maximum Gasteiger partial charge on any atom is 0.422 e. The Bertz CT molecular complexity index is 748. The Kier molecular flexibility index (Phi) is 5.95. The topological polar surface area (TPSA) is 51.2 Å². The maximum atomic E-state index is 13.4. The van der Waals surface area contributed by atoms with E-state index in [2.05, 4.69) is 15.0 Å². The van der Waals surface area contributed by atoms with Crippen LogP contribution in [0.1, 0.15) is 16.7 Å². The highest BCUT2D eigenvalue weighted by molar-refractivity contribution is 5.78. The number of benzene rings is 1. The monoisotopic (exact) mass is 356 g/mol. The van der Waals surface area contributed by atoms with E-state index in [0.717, 1.165) is 0 Å². The Morgan fingerprint density at radius 3 is 2.76 bits per heavy atom. The average Bonchev–Trinajstić information content (AvgIpc) is 2.55. The van der Waals surface area contributed by atoms with E-state index in [4.69, 9.17) is 0 Å². The second-order valence-electron chi connectivity index (χ2n) is 5.38. The molecule has 0 aliphatic carbocycles. The number of hydrogen-bond acceptors (Lipinski definition) is 3. The third-order valence-corrected chi connectivity index (χ3v) is 3.40. The molecule has 1 aromatic carbocycles. The Morgan fingerprint density at radius 2 is 2.04 bits per heavy atom. The normalized spacial score (nSPS) is 11.2. The van der Waals surface area contributed by atoms with Crippen LogP contribution in [0.15, 0.2) is 36.5 Å². The first-order chi connectivity index (χ1) is 11.7. The van der Waals surface area contributed by atoms with Gasteiger partial charge in [-0.3, -0.25) is 4.79 Å². The van der Waals surface area contributed by atoms with E-state index in [1.165, 1.54) is 24.4 Å². The van der Waals surface area contributed by atoms with Crippen molar-refractivity contribution in [3.63, 3.8) is 0 Å². The molecule has 2 aromatic rings. The lowest BCUT2D eigenvalue weighted by Crippen LogP contribution is -2.25. The van der Waals surface area contributed by atoms with Crippen molar-refractivity contribution < 1.29 is 27.1 Å². The van der Waals surface area contributed by atoms with Crippen LogP contribution in [0.4, 0.5) is 17.6 Å². The summed E-state index contributed by atoms with van der Waals surface area (Å²) in [5.74, 6) is -0.890. The zero-order valence-corrected chi connectivity index (χ0v) is 13.4. The highest BCUT2D eigenvalue weighted by Gasteiger charge is 2.28. The molecule has 1 aromatic heterocycles. The maximum absolute atomic E-state index is 13.4. The molecule has 134 valence electrons. The SMILES string of the molecule is Cc1c(F)cccc1CC(=O)NCc1ccnc(OCC(F)(F)F)c1. The second kappa shape index (κ2) is 7.96. The zero-order chi connectivity index (χ0) is 18.4. The van der Waals surface area contributed by atoms with E-state index in [1.807, 2.05) is 0 Å². The summed E-state index contributed by atoms with van der Waals surface area (Å²) in [6.07, 6.45) is -3.15. The fourth-order valence-electron chi connectivity index (χ4n) is 2.07. The fraction of sp³-hybridized carbons (Fsp3) is 0.294. The number of halogens is 4. The standard InChI is InChI=1S/C17H16F4N2O2/c1-11-13(3-2-4-14(11)18)8-15(24)23-9-12-5-6-22-16(7-12)25-10-17(19,20)21/h2-7H,8-10H2,1H3,(H,23,24). The van der Waals surface area contributed by atoms with Gasteiger partial charge in [-0.15, -0.1) is 0 Å². The van der Waals surface area contributed by atoms with Gasteiger partial charge in [0.25, 0.3) is 0 Å². The van der Waals surface area contributed by atoms with Crippen LogP contribution in [0.5, 0.6) is 5.88 Å². The lowest BCUT2D eigenvalue weighted by atomic mass is 10.0. The van der Waals surface area contributed by atoms with Crippen molar-refractivity contribution in [2.75, 3.05) is 6.61 Å². The first-order valence-electron chi connectivity index (χ1n) is 7.40. The van der Waals surface area contributed by atoms with Gasteiger partial charge < -0.3 is 10.1 Å². The third-order valence-electron chi connectivity index (χ3n) is 3.40. The summed E-state index contributed by atoms with van der Waals surface area (Å²) in [7, 11) is 0. The van der Waals surface area contributed by atoms with E-state index < -0.39 is 12.8 Å². The van der Waals surface area contributed by atoms with Crippen LogP contribution in [-0.2, 0) is 17.8 Å². The molecule has 0 spiro atoms. The molecule has 0 unspecified atom stereocenters. The predicted octanol–water partition coefficient (Wildman–Crippen LogP) is 3.33. The molecule has 0 radical (unpaired) electrons. The first-order valence-corrected chi connectivity index (χ1v) is 7.40. The van der Waals surface area contributed by atoms with E-state index in [1.54, 1.807) is 19.1 Å². The minimum atomic E-state index is -4.45. The van der Waals surface area contributed by atoms with Crippen LogP contribution < -0.4 is 10.1 Å². The van der Waals surface area contributed by atoms with E-state index >= 15 is 0 Å². The zero-order valence-electron chi connectivity index (χ0n) is 13.4. The minimum Gasteiger partial charge on any atom is -0.468 e. The minimum absolute atomic E-state index is 0.00606. The van der Waals surface area contributed by atoms with Crippen molar-refractivity contribution in [2.24, 2.45) is 0 Å². The van der Waals surface area contributed by atoms with Gasteiger partial charge in [-0.05, 0) is 35.7 Å². The van der Waals surface area contributed by atoms with Gasteiger partial charge in [0.1, 0.15) is 5.82 Å². The summed E-state index contributed by atoms with van der Waals surface area (Å²) in [6.45, 7) is 0.248. The fourth-order valence-corrected chi connectivity index (χ4v) is 2.07. The highest BCUT2D eigenvalue weighted by atomic mass is 19.4. The summed E-state index contributed by atoms with van der Waals surface area (Å²) in [5, 5.41) is 2.63. The lowest BCUT2D eigenvalue weighted by Gasteiger charge is -2.10. The molecule has 2 rings (SSSR count).